The number of rotatable bonds is 3. The van der Waals surface area contributed by atoms with Gasteiger partial charge in [-0.15, -0.1) is 0 Å². The van der Waals surface area contributed by atoms with E-state index in [4.69, 9.17) is 9.47 Å². The van der Waals surface area contributed by atoms with Crippen LogP contribution in [0.2, 0.25) is 0 Å². The number of aromatic nitrogens is 1. The van der Waals surface area contributed by atoms with E-state index < -0.39 is 24.1 Å². The predicted molar refractivity (Wildman–Crippen MR) is 107 cm³/mol. The first-order valence-corrected chi connectivity index (χ1v) is 10.4. The number of carboxylic acid groups (broad SMARTS) is 1. The molecular weight excluding hydrogens is 372 g/mol. The van der Waals surface area contributed by atoms with Gasteiger partial charge < -0.3 is 24.7 Å². The third-order valence-corrected chi connectivity index (χ3v) is 7.44. The van der Waals surface area contributed by atoms with Gasteiger partial charge in [0, 0.05) is 42.9 Å². The van der Waals surface area contributed by atoms with Crippen molar-refractivity contribution in [2.24, 2.45) is 17.8 Å². The molecule has 0 unspecified atom stereocenters. The molecule has 0 amide bonds. The zero-order valence-electron chi connectivity index (χ0n) is 16.8. The minimum atomic E-state index is -0.864. The number of fused-ring (bicyclic) bond motifs is 6. The van der Waals surface area contributed by atoms with E-state index in [9.17, 15) is 15.0 Å². The molecule has 7 nitrogen and oxygen atoms in total. The molecule has 29 heavy (non-hydrogen) atoms. The summed E-state index contributed by atoms with van der Waals surface area (Å²) in [5, 5.41) is 21.7. The average Bonchev–Trinajstić information content (AvgIpc) is 3.09. The van der Waals surface area contributed by atoms with Gasteiger partial charge in [0.05, 0.1) is 31.3 Å². The zero-order chi connectivity index (χ0) is 20.3. The van der Waals surface area contributed by atoms with Crippen molar-refractivity contribution in [3.05, 3.63) is 29.5 Å². The molecule has 5 rings (SSSR count). The fraction of sp³-hybridized carbons (Fsp3) is 0.591. The molecule has 1 aromatic heterocycles. The number of methoxy groups -OCH3 is 2. The van der Waals surface area contributed by atoms with E-state index in [1.54, 1.807) is 7.11 Å². The summed E-state index contributed by atoms with van der Waals surface area (Å²) in [5.74, 6) is -0.539. The molecule has 7 heteroatoms. The van der Waals surface area contributed by atoms with Gasteiger partial charge in [-0.05, 0) is 48.8 Å². The van der Waals surface area contributed by atoms with Gasteiger partial charge in [0.1, 0.15) is 5.75 Å². The molecule has 0 spiro atoms. The molecule has 3 heterocycles. The van der Waals surface area contributed by atoms with Crippen molar-refractivity contribution in [1.29, 1.82) is 0 Å². The first-order chi connectivity index (χ1) is 14.0. The van der Waals surface area contributed by atoms with Gasteiger partial charge in [-0.1, -0.05) is 0 Å². The Morgan fingerprint density at radius 3 is 2.83 bits per heavy atom. The lowest BCUT2D eigenvalue weighted by atomic mass is 9.64. The Morgan fingerprint density at radius 2 is 2.10 bits per heavy atom. The molecular formula is C22H28N2O5. The minimum Gasteiger partial charge on any atom is -0.497 e. The van der Waals surface area contributed by atoms with Crippen molar-refractivity contribution in [2.45, 2.75) is 37.5 Å². The van der Waals surface area contributed by atoms with Gasteiger partial charge in [0.2, 0.25) is 0 Å². The molecule has 2 aromatic rings. The molecule has 3 N–H and O–H groups in total. The number of aliphatic carboxylic acids is 1. The number of piperidine rings is 1. The van der Waals surface area contributed by atoms with Crippen molar-refractivity contribution >= 4 is 16.9 Å². The Hall–Kier alpha value is -2.09. The monoisotopic (exact) mass is 400 g/mol. The fourth-order valence-electron chi connectivity index (χ4n) is 6.15. The number of carbonyl (C=O) groups is 1. The van der Waals surface area contributed by atoms with Crippen LogP contribution in [0.4, 0.5) is 0 Å². The van der Waals surface area contributed by atoms with E-state index >= 15 is 0 Å². The van der Waals surface area contributed by atoms with Gasteiger partial charge in [-0.3, -0.25) is 9.69 Å². The maximum atomic E-state index is 12.1. The summed E-state index contributed by atoms with van der Waals surface area (Å²) in [6, 6.07) is 6.31. The molecule has 2 aliphatic heterocycles. The lowest BCUT2D eigenvalue weighted by Gasteiger charge is -2.52. The first-order valence-electron chi connectivity index (χ1n) is 10.4. The molecule has 1 aliphatic carbocycles. The topological polar surface area (TPSA) is 95.0 Å². The number of hydrogen-bond acceptors (Lipinski definition) is 5. The van der Waals surface area contributed by atoms with Gasteiger partial charge in [-0.2, -0.15) is 0 Å². The van der Waals surface area contributed by atoms with Crippen molar-refractivity contribution in [3.8, 4) is 5.75 Å². The third kappa shape index (κ3) is 2.86. The quantitative estimate of drug-likeness (QED) is 0.731. The maximum absolute atomic E-state index is 12.1. The van der Waals surface area contributed by atoms with Crippen LogP contribution in [-0.4, -0.2) is 65.6 Å². The molecule has 6 atom stereocenters. The summed E-state index contributed by atoms with van der Waals surface area (Å²) in [6.07, 6.45) is 0.981. The van der Waals surface area contributed by atoms with Crippen molar-refractivity contribution in [1.82, 2.24) is 9.88 Å². The van der Waals surface area contributed by atoms with Crippen LogP contribution in [0, 0.1) is 17.8 Å². The zero-order valence-corrected chi connectivity index (χ0v) is 16.8. The number of nitrogens with zero attached hydrogens (tertiary/aromatic N) is 1. The van der Waals surface area contributed by atoms with Gasteiger partial charge in [-0.25, -0.2) is 0 Å². The predicted octanol–water partition coefficient (Wildman–Crippen LogP) is 2.19. The third-order valence-electron chi connectivity index (χ3n) is 7.44. The number of benzene rings is 1. The fourth-order valence-corrected chi connectivity index (χ4v) is 6.15. The molecule has 1 saturated carbocycles. The highest BCUT2D eigenvalue weighted by Gasteiger charge is 2.52. The number of aliphatic hydroxyl groups is 1. The van der Waals surface area contributed by atoms with Crippen molar-refractivity contribution < 1.29 is 24.5 Å². The Kier molecular flexibility index (Phi) is 4.57. The van der Waals surface area contributed by atoms with E-state index in [-0.39, 0.29) is 17.9 Å². The Bertz CT molecular complexity index is 941. The SMILES string of the molecule is COc1ccc2c3c([nH]c2c1)[C@@H]1C[C@@H]2[C@H](C[C@H](O)[C@@H](OC)[C@@H]2C(=O)O)CN1CC3. The number of hydrogen-bond donors (Lipinski definition) is 3. The van der Waals surface area contributed by atoms with Crippen LogP contribution in [0.25, 0.3) is 10.9 Å². The minimum absolute atomic E-state index is 0.00556. The second-order valence-electron chi connectivity index (χ2n) is 8.72. The highest BCUT2D eigenvalue weighted by Crippen LogP contribution is 2.49. The molecule has 156 valence electrons. The van der Waals surface area contributed by atoms with Crippen LogP contribution in [0.15, 0.2) is 18.2 Å². The number of aliphatic hydroxyl groups excluding tert-OH is 1. The normalized spacial score (nSPS) is 34.3. The lowest BCUT2D eigenvalue weighted by molar-refractivity contribution is -0.172. The van der Waals surface area contributed by atoms with Crippen LogP contribution in [0.3, 0.4) is 0 Å². The molecule has 0 bridgehead atoms. The number of H-pyrrole nitrogens is 1. The van der Waals surface area contributed by atoms with Crippen LogP contribution < -0.4 is 4.74 Å². The standard InChI is InChI=1S/C22H28N2O5/c1-28-12-3-4-13-14-5-6-24-10-11-7-18(25)21(29-2)19(22(26)27)15(11)9-17(24)20(14)23-16(13)8-12/h3-4,8,11,15,17-19,21,23,25H,5-7,9-10H2,1-2H3,(H,26,27)/t11-,15-,17+,18+,19-,21-/m1/s1. The van der Waals surface area contributed by atoms with Gasteiger partial charge in [0.25, 0.3) is 0 Å². The lowest BCUT2D eigenvalue weighted by Crippen LogP contribution is -2.57. The number of aromatic amines is 1. The van der Waals surface area contributed by atoms with Crippen LogP contribution in [-0.2, 0) is 16.0 Å². The van der Waals surface area contributed by atoms with Crippen molar-refractivity contribution in [3.63, 3.8) is 0 Å². The summed E-state index contributed by atoms with van der Waals surface area (Å²) in [7, 11) is 3.17. The van der Waals surface area contributed by atoms with Gasteiger partial charge >= 0.3 is 5.97 Å². The maximum Gasteiger partial charge on any atom is 0.309 e. The Labute approximate surface area is 169 Å². The summed E-state index contributed by atoms with van der Waals surface area (Å²) < 4.78 is 10.8. The molecule has 1 saturated heterocycles. The number of carboxylic acids is 1. The summed E-state index contributed by atoms with van der Waals surface area (Å²) in [4.78, 5) is 18.2. The summed E-state index contributed by atoms with van der Waals surface area (Å²) in [5.41, 5.74) is 3.62. The van der Waals surface area contributed by atoms with E-state index in [1.165, 1.54) is 23.8 Å². The molecule has 1 aromatic carbocycles. The highest BCUT2D eigenvalue weighted by atomic mass is 16.5. The Balaban J connectivity index is 1.52. The molecule has 0 radical (unpaired) electrons. The second kappa shape index (κ2) is 7.00. The van der Waals surface area contributed by atoms with Crippen LogP contribution in [0.5, 0.6) is 5.75 Å². The van der Waals surface area contributed by atoms with Crippen LogP contribution in [0.1, 0.15) is 30.1 Å². The van der Waals surface area contributed by atoms with E-state index in [0.717, 1.165) is 37.2 Å². The molecule has 3 aliphatic rings. The number of nitrogens with one attached hydrogen (secondary N) is 1. The smallest absolute Gasteiger partial charge is 0.309 e. The highest BCUT2D eigenvalue weighted by molar-refractivity contribution is 5.86. The van der Waals surface area contributed by atoms with Crippen LogP contribution >= 0.6 is 0 Å². The summed E-state index contributed by atoms with van der Waals surface area (Å²) in [6.45, 7) is 1.78. The second-order valence-corrected chi connectivity index (χ2v) is 8.72. The van der Waals surface area contributed by atoms with Gasteiger partial charge in [0.15, 0.2) is 0 Å². The Morgan fingerprint density at radius 1 is 1.28 bits per heavy atom. The summed E-state index contributed by atoms with van der Waals surface area (Å²) >= 11 is 0. The number of ether oxygens (including phenoxy) is 2. The van der Waals surface area contributed by atoms with Crippen molar-refractivity contribution in [2.75, 3.05) is 27.3 Å². The molecule has 2 fully saturated rings. The largest absolute Gasteiger partial charge is 0.497 e. The van der Waals surface area contributed by atoms with E-state index in [2.05, 4.69) is 16.0 Å². The van der Waals surface area contributed by atoms with E-state index in [1.807, 2.05) is 12.1 Å². The average molecular weight is 400 g/mol. The van der Waals surface area contributed by atoms with E-state index in [0.29, 0.717) is 6.42 Å². The first kappa shape index (κ1) is 18.9.